The molecule has 0 aliphatic carbocycles. The molecule has 0 aromatic heterocycles. The fourth-order valence-corrected chi connectivity index (χ4v) is 3.09. The van der Waals surface area contributed by atoms with Crippen molar-refractivity contribution in [2.45, 2.75) is 18.9 Å². The molecule has 3 rings (SSSR count). The van der Waals surface area contributed by atoms with Gasteiger partial charge in [0.2, 0.25) is 5.96 Å². The van der Waals surface area contributed by atoms with Crippen LogP contribution in [0.5, 0.6) is 17.2 Å². The summed E-state index contributed by atoms with van der Waals surface area (Å²) in [5.41, 5.74) is 1.16. The second-order valence-electron chi connectivity index (χ2n) is 6.71. The number of guanidine groups is 1. The number of amides is 1. The molecule has 0 radical (unpaired) electrons. The number of aliphatic imine (C=N–C) groups is 1. The number of methoxy groups -OCH3 is 3. The average Bonchev–Trinajstić information content (AvgIpc) is 3.30. The van der Waals surface area contributed by atoms with E-state index in [0.717, 1.165) is 25.1 Å². The lowest BCUT2D eigenvalue weighted by molar-refractivity contribution is 0.0975. The number of hydrogen-bond acceptors (Lipinski definition) is 6. The van der Waals surface area contributed by atoms with Gasteiger partial charge in [-0.15, -0.1) is 0 Å². The van der Waals surface area contributed by atoms with Gasteiger partial charge >= 0.3 is 0 Å². The number of benzene rings is 2. The molecule has 1 heterocycles. The minimum Gasteiger partial charge on any atom is -0.497 e. The lowest BCUT2D eigenvalue weighted by Gasteiger charge is -2.15. The highest BCUT2D eigenvalue weighted by Gasteiger charge is 2.17. The minimum absolute atomic E-state index is 0.0603. The minimum atomic E-state index is -0.322. The summed E-state index contributed by atoms with van der Waals surface area (Å²) in [5.74, 6) is 1.74. The molecule has 2 aromatic rings. The normalized spacial score (nSPS) is 16.1. The van der Waals surface area contributed by atoms with Crippen LogP contribution < -0.4 is 24.8 Å². The molecule has 1 unspecified atom stereocenters. The summed E-state index contributed by atoms with van der Waals surface area (Å²) in [6.45, 7) is 1.20. The molecule has 1 aliphatic rings. The first-order chi connectivity index (χ1) is 14.6. The van der Waals surface area contributed by atoms with Gasteiger partial charge in [0, 0.05) is 23.9 Å². The van der Waals surface area contributed by atoms with E-state index in [1.54, 1.807) is 32.4 Å². The number of rotatable bonds is 7. The third kappa shape index (κ3) is 5.64. The van der Waals surface area contributed by atoms with E-state index < -0.39 is 0 Å². The number of nitrogens with one attached hydrogen (secondary N) is 2. The Balaban J connectivity index is 1.78. The van der Waals surface area contributed by atoms with Crippen LogP contribution in [0.2, 0.25) is 0 Å². The van der Waals surface area contributed by atoms with Crippen molar-refractivity contribution in [1.82, 2.24) is 5.32 Å². The van der Waals surface area contributed by atoms with Gasteiger partial charge in [0.15, 0.2) is 11.5 Å². The number of carbonyl (C=O) groups excluding carboxylic acids is 1. The van der Waals surface area contributed by atoms with Crippen LogP contribution in [0.15, 0.2) is 47.5 Å². The summed E-state index contributed by atoms with van der Waals surface area (Å²) < 4.78 is 21.4. The average molecular weight is 413 g/mol. The highest BCUT2D eigenvalue weighted by atomic mass is 16.5. The molecule has 0 spiro atoms. The predicted molar refractivity (Wildman–Crippen MR) is 115 cm³/mol. The van der Waals surface area contributed by atoms with Crippen molar-refractivity contribution in [3.8, 4) is 17.2 Å². The van der Waals surface area contributed by atoms with Gasteiger partial charge in [0.25, 0.3) is 5.91 Å². The third-order valence-corrected chi connectivity index (χ3v) is 4.69. The Bertz CT molecular complexity index is 894. The van der Waals surface area contributed by atoms with Gasteiger partial charge in [-0.2, -0.15) is 0 Å². The smallest absolute Gasteiger partial charge is 0.258 e. The summed E-state index contributed by atoms with van der Waals surface area (Å²) in [7, 11) is 4.67. The molecule has 0 bridgehead atoms. The highest BCUT2D eigenvalue weighted by Crippen LogP contribution is 2.27. The number of hydrogen-bond donors (Lipinski definition) is 2. The van der Waals surface area contributed by atoms with Crippen molar-refractivity contribution in [1.29, 1.82) is 0 Å². The molecule has 2 N–H and O–H groups in total. The van der Waals surface area contributed by atoms with E-state index in [1.807, 2.05) is 24.3 Å². The number of ether oxygens (including phenoxy) is 4. The van der Waals surface area contributed by atoms with Crippen LogP contribution in [0.25, 0.3) is 0 Å². The van der Waals surface area contributed by atoms with Crippen LogP contribution in [0.1, 0.15) is 23.2 Å². The zero-order chi connectivity index (χ0) is 21.3. The van der Waals surface area contributed by atoms with Gasteiger partial charge < -0.3 is 24.3 Å². The van der Waals surface area contributed by atoms with Crippen LogP contribution >= 0.6 is 0 Å². The molecule has 1 aliphatic heterocycles. The van der Waals surface area contributed by atoms with E-state index in [0.29, 0.717) is 35.3 Å². The Morgan fingerprint density at radius 3 is 2.63 bits per heavy atom. The fourth-order valence-electron chi connectivity index (χ4n) is 3.09. The van der Waals surface area contributed by atoms with Crippen LogP contribution in [-0.4, -0.2) is 52.5 Å². The van der Waals surface area contributed by atoms with Gasteiger partial charge in [0.05, 0.1) is 34.0 Å². The van der Waals surface area contributed by atoms with Crippen LogP contribution in [0.3, 0.4) is 0 Å². The Morgan fingerprint density at radius 1 is 1.10 bits per heavy atom. The molecule has 1 atom stereocenters. The van der Waals surface area contributed by atoms with Gasteiger partial charge in [-0.25, -0.2) is 4.99 Å². The Morgan fingerprint density at radius 2 is 1.93 bits per heavy atom. The summed E-state index contributed by atoms with van der Waals surface area (Å²) in [5, 5.41) is 6.00. The Hall–Kier alpha value is -3.26. The standard InChI is InChI=1S/C22H27N3O5/c1-27-17-7-4-6-16(13-17)24-22(23-14-18-8-5-11-30-18)25-21(26)15-9-10-19(28-2)20(12-15)29-3/h4,6-7,9-10,12-13,18H,5,8,11,14H2,1-3H3,(H2,23,24,25,26). The third-order valence-electron chi connectivity index (χ3n) is 4.69. The van der Waals surface area contributed by atoms with E-state index in [9.17, 15) is 4.79 Å². The van der Waals surface area contributed by atoms with Crippen LogP contribution in [-0.2, 0) is 4.74 Å². The van der Waals surface area contributed by atoms with E-state index >= 15 is 0 Å². The van der Waals surface area contributed by atoms with Crippen molar-refractivity contribution in [3.05, 3.63) is 48.0 Å². The van der Waals surface area contributed by atoms with Crippen molar-refractivity contribution in [2.75, 3.05) is 39.8 Å². The second-order valence-corrected chi connectivity index (χ2v) is 6.71. The maximum absolute atomic E-state index is 12.8. The molecular formula is C22H27N3O5. The molecule has 0 saturated carbocycles. The number of carbonyl (C=O) groups is 1. The molecule has 1 saturated heterocycles. The lowest BCUT2D eigenvalue weighted by Crippen LogP contribution is -2.36. The number of anilines is 1. The van der Waals surface area contributed by atoms with Crippen molar-refractivity contribution in [3.63, 3.8) is 0 Å². The maximum Gasteiger partial charge on any atom is 0.258 e. The largest absolute Gasteiger partial charge is 0.497 e. The molecule has 30 heavy (non-hydrogen) atoms. The summed E-state index contributed by atoms with van der Waals surface area (Å²) in [4.78, 5) is 17.4. The summed E-state index contributed by atoms with van der Waals surface area (Å²) >= 11 is 0. The molecule has 160 valence electrons. The van der Waals surface area contributed by atoms with E-state index in [1.165, 1.54) is 7.11 Å². The van der Waals surface area contributed by atoms with Gasteiger partial charge in [-0.1, -0.05) is 6.07 Å². The first-order valence-electron chi connectivity index (χ1n) is 9.73. The molecular weight excluding hydrogens is 386 g/mol. The molecule has 1 fully saturated rings. The SMILES string of the molecule is COc1cccc(NC(=NCC2CCCO2)NC(=O)c2ccc(OC)c(OC)c2)c1. The van der Waals surface area contributed by atoms with E-state index in [2.05, 4.69) is 15.6 Å². The second kappa shape index (κ2) is 10.5. The highest BCUT2D eigenvalue weighted by molar-refractivity contribution is 6.10. The van der Waals surface area contributed by atoms with Crippen molar-refractivity contribution in [2.24, 2.45) is 4.99 Å². The summed E-state index contributed by atoms with van der Waals surface area (Å²) in [6.07, 6.45) is 2.04. The maximum atomic E-state index is 12.8. The van der Waals surface area contributed by atoms with Crippen molar-refractivity contribution < 1.29 is 23.7 Å². The molecule has 8 heteroatoms. The first-order valence-corrected chi connectivity index (χ1v) is 9.73. The fraction of sp³-hybridized carbons (Fsp3) is 0.364. The van der Waals surface area contributed by atoms with Gasteiger partial charge in [-0.3, -0.25) is 10.1 Å². The van der Waals surface area contributed by atoms with Gasteiger partial charge in [-0.05, 0) is 43.2 Å². The first kappa shape index (κ1) is 21.4. The molecule has 1 amide bonds. The quantitative estimate of drug-likeness (QED) is 0.536. The lowest BCUT2D eigenvalue weighted by atomic mass is 10.2. The Labute approximate surface area is 176 Å². The van der Waals surface area contributed by atoms with Crippen molar-refractivity contribution >= 4 is 17.6 Å². The van der Waals surface area contributed by atoms with Gasteiger partial charge in [0.1, 0.15) is 5.75 Å². The van der Waals surface area contributed by atoms with Crippen LogP contribution in [0, 0.1) is 0 Å². The summed E-state index contributed by atoms with van der Waals surface area (Å²) in [6, 6.07) is 12.4. The Kier molecular flexibility index (Phi) is 7.51. The zero-order valence-corrected chi connectivity index (χ0v) is 17.4. The zero-order valence-electron chi connectivity index (χ0n) is 17.4. The van der Waals surface area contributed by atoms with E-state index in [4.69, 9.17) is 18.9 Å². The molecule has 2 aromatic carbocycles. The van der Waals surface area contributed by atoms with E-state index in [-0.39, 0.29) is 12.0 Å². The topological polar surface area (TPSA) is 90.4 Å². The monoisotopic (exact) mass is 413 g/mol. The number of nitrogens with zero attached hydrogens (tertiary/aromatic N) is 1. The predicted octanol–water partition coefficient (Wildman–Crippen LogP) is 3.09. The van der Waals surface area contributed by atoms with Crippen LogP contribution in [0.4, 0.5) is 5.69 Å². The molecule has 8 nitrogen and oxygen atoms in total.